The summed E-state index contributed by atoms with van der Waals surface area (Å²) in [7, 11) is 0. The highest BCUT2D eigenvalue weighted by Crippen LogP contribution is 2.39. The molecule has 0 radical (unpaired) electrons. The lowest BCUT2D eigenvalue weighted by molar-refractivity contribution is 0.347. The lowest BCUT2D eigenvalue weighted by Crippen LogP contribution is -2.10. The molecule has 0 atom stereocenters. The Morgan fingerprint density at radius 2 is 1.95 bits per heavy atom. The molecule has 1 heterocycles. The molecule has 1 aromatic heterocycles. The summed E-state index contributed by atoms with van der Waals surface area (Å²) in [6.45, 7) is 4.57. The van der Waals surface area contributed by atoms with Crippen molar-refractivity contribution in [2.45, 2.75) is 45.4 Å². The fourth-order valence-electron chi connectivity index (χ4n) is 3.00. The molecular weight excluding hydrogens is 330 g/mol. The van der Waals surface area contributed by atoms with Crippen LogP contribution in [0.4, 0.5) is 0 Å². The van der Waals surface area contributed by atoms with Crippen molar-refractivity contribution in [3.63, 3.8) is 0 Å². The second kappa shape index (κ2) is 5.98. The Kier molecular flexibility index (Phi) is 4.27. The molecule has 1 aliphatic carbocycles. The minimum Gasteiger partial charge on any atom is -0.241 e. The number of hydrogen-bond acceptors (Lipinski definition) is 2. The molecule has 1 aliphatic rings. The van der Waals surface area contributed by atoms with Gasteiger partial charge in [-0.3, -0.25) is 0 Å². The van der Waals surface area contributed by atoms with E-state index in [1.54, 1.807) is 0 Å². The van der Waals surface area contributed by atoms with E-state index >= 15 is 0 Å². The number of thiazole rings is 1. The normalized spacial score (nSPS) is 22.9. The standard InChI is InChI=1S/C17H20BrNS/c1-11-6-8-13(9-7-11)17-19-16(12(2)20-17)14-4-3-5-15(18)10-14/h3-5,10-11,13H,6-9H2,1-2H3. The van der Waals surface area contributed by atoms with E-state index in [1.807, 2.05) is 11.3 Å². The molecule has 1 aromatic carbocycles. The maximum Gasteiger partial charge on any atom is 0.0966 e. The van der Waals surface area contributed by atoms with E-state index in [4.69, 9.17) is 4.98 Å². The number of halogens is 1. The predicted molar refractivity (Wildman–Crippen MR) is 90.4 cm³/mol. The molecule has 106 valence electrons. The van der Waals surface area contributed by atoms with Gasteiger partial charge >= 0.3 is 0 Å². The summed E-state index contributed by atoms with van der Waals surface area (Å²) in [5, 5.41) is 1.35. The van der Waals surface area contributed by atoms with Gasteiger partial charge in [-0.25, -0.2) is 4.98 Å². The van der Waals surface area contributed by atoms with Crippen LogP contribution < -0.4 is 0 Å². The summed E-state index contributed by atoms with van der Waals surface area (Å²) in [6.07, 6.45) is 5.34. The molecule has 0 bridgehead atoms. The summed E-state index contributed by atoms with van der Waals surface area (Å²) in [4.78, 5) is 6.31. The number of benzene rings is 1. The maximum atomic E-state index is 4.97. The van der Waals surface area contributed by atoms with Crippen molar-refractivity contribution in [2.24, 2.45) is 5.92 Å². The Balaban J connectivity index is 1.87. The van der Waals surface area contributed by atoms with Crippen molar-refractivity contribution in [3.8, 4) is 11.3 Å². The zero-order valence-corrected chi connectivity index (χ0v) is 14.4. The van der Waals surface area contributed by atoms with Crippen LogP contribution in [-0.4, -0.2) is 4.98 Å². The fourth-order valence-corrected chi connectivity index (χ4v) is 4.51. The van der Waals surface area contributed by atoms with Crippen LogP contribution in [0.3, 0.4) is 0 Å². The predicted octanol–water partition coefficient (Wildman–Crippen LogP) is 6.17. The van der Waals surface area contributed by atoms with Crippen LogP contribution in [0.15, 0.2) is 28.7 Å². The van der Waals surface area contributed by atoms with Gasteiger partial charge in [0.15, 0.2) is 0 Å². The second-order valence-electron chi connectivity index (χ2n) is 5.92. The van der Waals surface area contributed by atoms with E-state index in [0.29, 0.717) is 5.92 Å². The van der Waals surface area contributed by atoms with Gasteiger partial charge in [0.1, 0.15) is 0 Å². The number of hydrogen-bond donors (Lipinski definition) is 0. The molecular formula is C17H20BrNS. The van der Waals surface area contributed by atoms with Crippen LogP contribution in [0.1, 0.15) is 48.4 Å². The van der Waals surface area contributed by atoms with Gasteiger partial charge in [-0.05, 0) is 37.8 Å². The molecule has 0 amide bonds. The molecule has 1 nitrogen and oxygen atoms in total. The Labute approximate surface area is 133 Å². The SMILES string of the molecule is Cc1sc(C2CCC(C)CC2)nc1-c1cccc(Br)c1. The number of aromatic nitrogens is 1. The van der Waals surface area contributed by atoms with Crippen LogP contribution in [0.5, 0.6) is 0 Å². The van der Waals surface area contributed by atoms with Crippen LogP contribution in [0.25, 0.3) is 11.3 Å². The van der Waals surface area contributed by atoms with Gasteiger partial charge in [0.05, 0.1) is 10.7 Å². The third kappa shape index (κ3) is 2.99. The van der Waals surface area contributed by atoms with Gasteiger partial charge in [-0.15, -0.1) is 11.3 Å². The van der Waals surface area contributed by atoms with Crippen molar-refractivity contribution >= 4 is 27.3 Å². The summed E-state index contributed by atoms with van der Waals surface area (Å²) in [5.41, 5.74) is 2.40. The van der Waals surface area contributed by atoms with Crippen molar-refractivity contribution in [1.82, 2.24) is 4.98 Å². The number of nitrogens with zero attached hydrogens (tertiary/aromatic N) is 1. The Bertz CT molecular complexity index is 597. The molecule has 1 saturated carbocycles. The minimum absolute atomic E-state index is 0.691. The molecule has 0 saturated heterocycles. The van der Waals surface area contributed by atoms with Crippen molar-refractivity contribution in [3.05, 3.63) is 38.6 Å². The fraction of sp³-hybridized carbons (Fsp3) is 0.471. The molecule has 2 aromatic rings. The van der Waals surface area contributed by atoms with Gasteiger partial charge in [-0.2, -0.15) is 0 Å². The molecule has 0 aliphatic heterocycles. The Morgan fingerprint density at radius 3 is 2.65 bits per heavy atom. The van der Waals surface area contributed by atoms with E-state index in [1.165, 1.54) is 46.8 Å². The first kappa shape index (κ1) is 14.3. The Morgan fingerprint density at radius 1 is 1.20 bits per heavy atom. The highest BCUT2D eigenvalue weighted by atomic mass is 79.9. The zero-order valence-electron chi connectivity index (χ0n) is 12.0. The largest absolute Gasteiger partial charge is 0.241 e. The Hall–Kier alpha value is -0.670. The first-order chi connectivity index (χ1) is 9.63. The minimum atomic E-state index is 0.691. The first-order valence-electron chi connectivity index (χ1n) is 7.36. The van der Waals surface area contributed by atoms with Gasteiger partial charge < -0.3 is 0 Å². The highest BCUT2D eigenvalue weighted by molar-refractivity contribution is 9.10. The first-order valence-corrected chi connectivity index (χ1v) is 8.97. The van der Waals surface area contributed by atoms with Crippen molar-refractivity contribution < 1.29 is 0 Å². The number of rotatable bonds is 2. The zero-order chi connectivity index (χ0) is 14.1. The molecule has 0 unspecified atom stereocenters. The van der Waals surface area contributed by atoms with Crippen molar-refractivity contribution in [2.75, 3.05) is 0 Å². The van der Waals surface area contributed by atoms with E-state index in [9.17, 15) is 0 Å². The summed E-state index contributed by atoms with van der Waals surface area (Å²) in [6, 6.07) is 8.46. The summed E-state index contributed by atoms with van der Waals surface area (Å²) in [5.74, 6) is 1.59. The van der Waals surface area contributed by atoms with Gasteiger partial charge in [0.25, 0.3) is 0 Å². The average molecular weight is 350 g/mol. The van der Waals surface area contributed by atoms with Crippen LogP contribution in [0.2, 0.25) is 0 Å². The number of aryl methyl sites for hydroxylation is 1. The summed E-state index contributed by atoms with van der Waals surface area (Å²) >= 11 is 5.45. The van der Waals surface area contributed by atoms with E-state index in [0.717, 1.165) is 10.4 Å². The van der Waals surface area contributed by atoms with E-state index < -0.39 is 0 Å². The highest BCUT2D eigenvalue weighted by Gasteiger charge is 2.23. The third-order valence-electron chi connectivity index (χ3n) is 4.28. The van der Waals surface area contributed by atoms with Crippen LogP contribution in [-0.2, 0) is 0 Å². The molecule has 3 rings (SSSR count). The summed E-state index contributed by atoms with van der Waals surface area (Å²) < 4.78 is 1.12. The molecule has 0 spiro atoms. The monoisotopic (exact) mass is 349 g/mol. The third-order valence-corrected chi connectivity index (χ3v) is 5.90. The van der Waals surface area contributed by atoms with Gasteiger partial charge in [0, 0.05) is 20.8 Å². The maximum absolute atomic E-state index is 4.97. The quantitative estimate of drug-likeness (QED) is 0.631. The molecule has 3 heteroatoms. The lowest BCUT2D eigenvalue weighted by Gasteiger charge is -2.24. The van der Waals surface area contributed by atoms with Crippen LogP contribution in [0, 0.1) is 12.8 Å². The topological polar surface area (TPSA) is 12.9 Å². The average Bonchev–Trinajstić information content (AvgIpc) is 2.82. The molecule has 0 N–H and O–H groups in total. The van der Waals surface area contributed by atoms with Crippen LogP contribution >= 0.6 is 27.3 Å². The van der Waals surface area contributed by atoms with Gasteiger partial charge in [0.2, 0.25) is 0 Å². The molecule has 20 heavy (non-hydrogen) atoms. The van der Waals surface area contributed by atoms with E-state index in [-0.39, 0.29) is 0 Å². The smallest absolute Gasteiger partial charge is 0.0966 e. The van der Waals surface area contributed by atoms with Crippen molar-refractivity contribution in [1.29, 1.82) is 0 Å². The molecule has 1 fully saturated rings. The second-order valence-corrected chi connectivity index (χ2v) is 8.07. The lowest BCUT2D eigenvalue weighted by atomic mass is 9.83. The van der Waals surface area contributed by atoms with E-state index in [2.05, 4.69) is 54.0 Å². The van der Waals surface area contributed by atoms with Gasteiger partial charge in [-0.1, -0.05) is 47.8 Å².